The third-order valence-corrected chi connectivity index (χ3v) is 7.71. The molecule has 1 saturated carbocycles. The fourth-order valence-electron chi connectivity index (χ4n) is 6.19. The van der Waals surface area contributed by atoms with Crippen molar-refractivity contribution in [2.24, 2.45) is 23.7 Å². The number of phenols is 1. The van der Waals surface area contributed by atoms with Crippen molar-refractivity contribution >= 4 is 30.1 Å². The Labute approximate surface area is 197 Å². The monoisotopic (exact) mass is 465 g/mol. The lowest BCUT2D eigenvalue weighted by Gasteiger charge is -2.44. The first-order valence-corrected chi connectivity index (χ1v) is 11.8. The second-order valence-corrected chi connectivity index (χ2v) is 9.59. The summed E-state index contributed by atoms with van der Waals surface area (Å²) in [6.45, 7) is 2.00. The Balaban J connectivity index is 1.53. The van der Waals surface area contributed by atoms with Gasteiger partial charge in [-0.3, -0.25) is 14.5 Å². The van der Waals surface area contributed by atoms with Crippen LogP contribution in [0.5, 0.6) is 5.75 Å². The van der Waals surface area contributed by atoms with E-state index in [0.717, 1.165) is 11.3 Å². The molecule has 2 aromatic rings. The molecule has 6 atom stereocenters. The van der Waals surface area contributed by atoms with Crippen LogP contribution in [0.15, 0.2) is 48.5 Å². The summed E-state index contributed by atoms with van der Waals surface area (Å²) in [6, 6.07) is 12.9. The van der Waals surface area contributed by atoms with Gasteiger partial charge in [-0.25, -0.2) is 0 Å². The Morgan fingerprint density at radius 2 is 1.85 bits per heavy atom. The molecule has 2 heterocycles. The van der Waals surface area contributed by atoms with Gasteiger partial charge in [-0.15, -0.1) is 0 Å². The van der Waals surface area contributed by atoms with Crippen molar-refractivity contribution in [3.63, 3.8) is 0 Å². The molecule has 178 valence electrons. The first-order chi connectivity index (χ1) is 16.3. The average Bonchev–Trinajstić information content (AvgIpc) is 3.28. The number of benzene rings is 2. The van der Waals surface area contributed by atoms with E-state index in [4.69, 9.17) is 4.74 Å². The van der Waals surface area contributed by atoms with Crippen LogP contribution in [0.1, 0.15) is 44.3 Å². The third kappa shape index (κ3) is 3.46. The maximum Gasteiger partial charge on any atom is 0.488 e. The molecule has 9 heteroatoms. The topological polar surface area (TPSA) is 128 Å². The number of hydrogen-bond acceptors (Lipinski definition) is 7. The smallest absolute Gasteiger partial charge is 0.488 e. The zero-order valence-corrected chi connectivity index (χ0v) is 18.9. The number of carbonyl (C=O) groups is 2. The number of aliphatic hydroxyl groups is 1. The number of imide groups is 1. The molecule has 3 aliphatic rings. The van der Waals surface area contributed by atoms with Gasteiger partial charge in [0.25, 0.3) is 0 Å². The molecule has 34 heavy (non-hydrogen) atoms. The van der Waals surface area contributed by atoms with Crippen LogP contribution >= 0.6 is 0 Å². The van der Waals surface area contributed by atoms with Crippen LogP contribution in [0.2, 0.25) is 0 Å². The fourth-order valence-corrected chi connectivity index (χ4v) is 6.19. The summed E-state index contributed by atoms with van der Waals surface area (Å²) < 4.78 is 6.22. The van der Waals surface area contributed by atoms with Crippen molar-refractivity contribution in [1.82, 2.24) is 0 Å². The highest BCUT2D eigenvalue weighted by molar-refractivity contribution is 6.58. The Morgan fingerprint density at radius 1 is 1.09 bits per heavy atom. The van der Waals surface area contributed by atoms with E-state index < -0.39 is 42.7 Å². The van der Waals surface area contributed by atoms with Gasteiger partial charge in [0, 0.05) is 17.4 Å². The summed E-state index contributed by atoms with van der Waals surface area (Å²) in [5, 5.41) is 41.2. The molecule has 2 aromatic carbocycles. The summed E-state index contributed by atoms with van der Waals surface area (Å²) in [5.74, 6) is -4.57. The van der Waals surface area contributed by atoms with Gasteiger partial charge in [-0.05, 0) is 42.9 Å². The van der Waals surface area contributed by atoms with Crippen molar-refractivity contribution in [2.75, 3.05) is 4.90 Å². The highest BCUT2D eigenvalue weighted by Gasteiger charge is 2.66. The molecular formula is C25H28BNO7. The summed E-state index contributed by atoms with van der Waals surface area (Å²) in [5.41, 5.74) is 1.01. The second-order valence-electron chi connectivity index (χ2n) is 9.59. The molecule has 3 fully saturated rings. The van der Waals surface area contributed by atoms with E-state index in [2.05, 4.69) is 0 Å². The summed E-state index contributed by atoms with van der Waals surface area (Å²) in [4.78, 5) is 28.3. The molecule has 1 aliphatic carbocycles. The van der Waals surface area contributed by atoms with Crippen LogP contribution in [-0.2, 0) is 14.3 Å². The molecule has 4 N–H and O–H groups in total. The van der Waals surface area contributed by atoms with Crippen molar-refractivity contribution < 1.29 is 34.6 Å². The SMILES string of the molecule is CCC[C@H]1C[C@@H]2C(=O)N(c3cccc(B(O)O)c3)C(=O)[C@@H]2[C@@H]2C[C@@H](c3ccccc3O)O[C@]12O. The normalized spacial score (nSPS) is 32.6. The van der Waals surface area contributed by atoms with Gasteiger partial charge in [0.1, 0.15) is 5.75 Å². The summed E-state index contributed by atoms with van der Waals surface area (Å²) in [7, 11) is -1.73. The number of para-hydroxylation sites is 1. The molecule has 2 aliphatic heterocycles. The number of hydrogen-bond donors (Lipinski definition) is 4. The number of carbonyl (C=O) groups excluding carboxylic acids is 2. The van der Waals surface area contributed by atoms with E-state index in [9.17, 15) is 29.9 Å². The van der Waals surface area contributed by atoms with Gasteiger partial charge < -0.3 is 25.0 Å². The van der Waals surface area contributed by atoms with Gasteiger partial charge in [-0.2, -0.15) is 0 Å². The number of aromatic hydroxyl groups is 1. The zero-order chi connectivity index (χ0) is 24.2. The fraction of sp³-hybridized carbons (Fsp3) is 0.440. The maximum absolute atomic E-state index is 13.7. The molecule has 8 nitrogen and oxygen atoms in total. The highest BCUT2D eigenvalue weighted by Crippen LogP contribution is 2.59. The Bertz CT molecular complexity index is 1120. The van der Waals surface area contributed by atoms with Gasteiger partial charge >= 0.3 is 7.12 Å². The summed E-state index contributed by atoms with van der Waals surface area (Å²) >= 11 is 0. The van der Waals surface area contributed by atoms with Crippen LogP contribution in [0.3, 0.4) is 0 Å². The van der Waals surface area contributed by atoms with Gasteiger partial charge in [-0.1, -0.05) is 43.7 Å². The van der Waals surface area contributed by atoms with Crippen LogP contribution in [0.25, 0.3) is 0 Å². The van der Waals surface area contributed by atoms with E-state index in [1.807, 2.05) is 6.92 Å². The van der Waals surface area contributed by atoms with E-state index in [-0.39, 0.29) is 28.7 Å². The number of rotatable bonds is 5. The number of phenolic OH excluding ortho intramolecular Hbond substituents is 1. The molecular weight excluding hydrogens is 437 g/mol. The van der Waals surface area contributed by atoms with Crippen LogP contribution in [-0.4, -0.2) is 45.0 Å². The quantitative estimate of drug-likeness (QED) is 0.389. The first kappa shape index (κ1) is 23.0. The van der Waals surface area contributed by atoms with E-state index >= 15 is 0 Å². The average molecular weight is 465 g/mol. The molecule has 2 saturated heterocycles. The number of nitrogens with zero attached hydrogens (tertiary/aromatic N) is 1. The molecule has 0 bridgehead atoms. The van der Waals surface area contributed by atoms with Crippen LogP contribution in [0, 0.1) is 23.7 Å². The van der Waals surface area contributed by atoms with Crippen LogP contribution < -0.4 is 10.4 Å². The van der Waals surface area contributed by atoms with Crippen molar-refractivity contribution in [1.29, 1.82) is 0 Å². The number of amides is 2. The Hall–Kier alpha value is -2.72. The van der Waals surface area contributed by atoms with Crippen molar-refractivity contribution in [3.05, 3.63) is 54.1 Å². The maximum atomic E-state index is 13.7. The van der Waals surface area contributed by atoms with E-state index in [1.54, 1.807) is 36.4 Å². The lowest BCUT2D eigenvalue weighted by atomic mass is 9.63. The lowest BCUT2D eigenvalue weighted by Crippen LogP contribution is -2.53. The van der Waals surface area contributed by atoms with Gasteiger partial charge in [0.05, 0.1) is 23.6 Å². The van der Waals surface area contributed by atoms with E-state index in [0.29, 0.717) is 24.8 Å². The second kappa shape index (κ2) is 8.50. The summed E-state index contributed by atoms with van der Waals surface area (Å²) in [6.07, 6.45) is 1.45. The number of ether oxygens (including phenoxy) is 1. The third-order valence-electron chi connectivity index (χ3n) is 7.71. The molecule has 0 radical (unpaired) electrons. The lowest BCUT2D eigenvalue weighted by molar-refractivity contribution is -0.270. The zero-order valence-electron chi connectivity index (χ0n) is 18.9. The predicted molar refractivity (Wildman–Crippen MR) is 124 cm³/mol. The highest BCUT2D eigenvalue weighted by atomic mass is 16.6. The number of anilines is 1. The van der Waals surface area contributed by atoms with Gasteiger partial charge in [0.2, 0.25) is 11.8 Å². The standard InChI is InChI=1S/C25H28BNO7/c1-2-6-14-11-18-22(19-13-21(34-25(14,19)31)17-9-3-4-10-20(17)28)24(30)27(23(18)29)16-8-5-7-15(12-16)26(32)33/h3-5,7-10,12,14,18-19,21-22,28,31-33H,2,6,11,13H2,1H3/t14-,18-,19-,21-,22-,25+/m0/s1. The molecule has 0 aromatic heterocycles. The van der Waals surface area contributed by atoms with E-state index in [1.165, 1.54) is 12.1 Å². The molecule has 2 amide bonds. The minimum absolute atomic E-state index is 0.0631. The van der Waals surface area contributed by atoms with Gasteiger partial charge in [0.15, 0.2) is 5.79 Å². The first-order valence-electron chi connectivity index (χ1n) is 11.8. The Kier molecular flexibility index (Phi) is 5.76. The molecule has 0 spiro atoms. The van der Waals surface area contributed by atoms with Crippen molar-refractivity contribution in [3.8, 4) is 5.75 Å². The van der Waals surface area contributed by atoms with Crippen LogP contribution in [0.4, 0.5) is 5.69 Å². The molecule has 0 unspecified atom stereocenters. The minimum atomic E-state index is -1.73. The predicted octanol–water partition coefficient (Wildman–Crippen LogP) is 1.46. The minimum Gasteiger partial charge on any atom is -0.508 e. The largest absolute Gasteiger partial charge is 0.508 e. The Morgan fingerprint density at radius 3 is 2.56 bits per heavy atom. The number of fused-ring (bicyclic) bond motifs is 3. The van der Waals surface area contributed by atoms with Crippen molar-refractivity contribution in [2.45, 2.75) is 44.5 Å². The molecule has 5 rings (SSSR count).